The molecular weight excluding hydrogens is 262 g/mol. The highest BCUT2D eigenvalue weighted by molar-refractivity contribution is 6.30. The van der Waals surface area contributed by atoms with Gasteiger partial charge in [-0.1, -0.05) is 31.5 Å². The average molecular weight is 276 g/mol. The van der Waals surface area contributed by atoms with Gasteiger partial charge in [0.2, 0.25) is 0 Å². The minimum atomic E-state index is -0.301. The molecule has 4 nitrogen and oxygen atoms in total. The van der Waals surface area contributed by atoms with Crippen molar-refractivity contribution < 1.29 is 4.79 Å². The third kappa shape index (κ3) is 3.51. The van der Waals surface area contributed by atoms with Gasteiger partial charge >= 0.3 is 0 Å². The van der Waals surface area contributed by atoms with Crippen molar-refractivity contribution in [3.8, 4) is 0 Å². The summed E-state index contributed by atoms with van der Waals surface area (Å²) in [4.78, 5) is 11.9. The molecule has 0 unspecified atom stereocenters. The smallest absolute Gasteiger partial charge is 0.276 e. The lowest BCUT2D eigenvalue weighted by Gasteiger charge is -2.06. The maximum atomic E-state index is 11.9. The third-order valence-corrected chi connectivity index (χ3v) is 2.83. The van der Waals surface area contributed by atoms with Crippen LogP contribution < -0.4 is 5.32 Å². The van der Waals surface area contributed by atoms with Gasteiger partial charge in [-0.3, -0.25) is 4.79 Å². The van der Waals surface area contributed by atoms with Crippen molar-refractivity contribution in [2.45, 2.75) is 19.8 Å². The monoisotopic (exact) mass is 275 g/mol. The van der Waals surface area contributed by atoms with Gasteiger partial charge in [-0.05, 0) is 36.2 Å². The lowest BCUT2D eigenvalue weighted by molar-refractivity contribution is 0.102. The quantitative estimate of drug-likeness (QED) is 0.933. The van der Waals surface area contributed by atoms with Crippen molar-refractivity contribution in [2.75, 3.05) is 5.32 Å². The predicted octanol–water partition coefficient (Wildman–Crippen LogP) is 3.51. The van der Waals surface area contributed by atoms with Crippen LogP contribution in [0.1, 0.15) is 35.9 Å². The predicted molar refractivity (Wildman–Crippen MR) is 75.5 cm³/mol. The van der Waals surface area contributed by atoms with E-state index in [4.69, 9.17) is 11.6 Å². The molecular formula is C14H14ClN3O. The van der Waals surface area contributed by atoms with Crippen LogP contribution in [0.4, 0.5) is 5.69 Å². The van der Waals surface area contributed by atoms with Crippen molar-refractivity contribution in [1.82, 2.24) is 10.2 Å². The van der Waals surface area contributed by atoms with E-state index >= 15 is 0 Å². The lowest BCUT2D eigenvalue weighted by atomic mass is 10.1. The summed E-state index contributed by atoms with van der Waals surface area (Å²) in [5.74, 6) is -0.0115. The van der Waals surface area contributed by atoms with Crippen molar-refractivity contribution in [3.63, 3.8) is 0 Å². The Kier molecular flexibility index (Phi) is 4.12. The number of nitrogens with zero attached hydrogens (tertiary/aromatic N) is 2. The fourth-order valence-electron chi connectivity index (χ4n) is 1.53. The van der Waals surface area contributed by atoms with Crippen LogP contribution in [-0.2, 0) is 0 Å². The molecule has 0 bridgehead atoms. The van der Waals surface area contributed by atoms with Gasteiger partial charge in [-0.25, -0.2) is 0 Å². The van der Waals surface area contributed by atoms with Crippen molar-refractivity contribution >= 4 is 23.2 Å². The van der Waals surface area contributed by atoms with Crippen LogP contribution in [0.15, 0.2) is 36.4 Å². The number of amides is 1. The molecule has 0 aliphatic heterocycles. The minimum absolute atomic E-state index is 0.282. The number of carbonyl (C=O) groups excluding carboxylic acids is 1. The number of aromatic nitrogens is 2. The van der Waals surface area contributed by atoms with Crippen molar-refractivity contribution in [2.24, 2.45) is 0 Å². The average Bonchev–Trinajstić information content (AvgIpc) is 2.39. The second-order valence-corrected chi connectivity index (χ2v) is 4.90. The summed E-state index contributed by atoms with van der Waals surface area (Å²) in [6.45, 7) is 4.05. The standard InChI is InChI=1S/C14H14ClN3O/c1-9(2)12-6-7-13(18-17-12)14(19)16-11-5-3-4-10(15)8-11/h3-9H,1-2H3,(H,16,19). The van der Waals surface area contributed by atoms with Crippen LogP contribution in [-0.4, -0.2) is 16.1 Å². The van der Waals surface area contributed by atoms with Crippen LogP contribution in [0.3, 0.4) is 0 Å². The van der Waals surface area contributed by atoms with E-state index in [0.29, 0.717) is 10.7 Å². The highest BCUT2D eigenvalue weighted by Crippen LogP contribution is 2.16. The Morgan fingerprint density at radius 3 is 2.58 bits per heavy atom. The fourth-order valence-corrected chi connectivity index (χ4v) is 1.72. The second-order valence-electron chi connectivity index (χ2n) is 4.46. The number of carbonyl (C=O) groups is 1. The molecule has 2 rings (SSSR count). The molecule has 1 amide bonds. The zero-order valence-electron chi connectivity index (χ0n) is 10.7. The molecule has 0 saturated heterocycles. The molecule has 1 heterocycles. The molecule has 0 radical (unpaired) electrons. The van der Waals surface area contributed by atoms with E-state index in [9.17, 15) is 4.79 Å². The lowest BCUT2D eigenvalue weighted by Crippen LogP contribution is -2.14. The molecule has 0 saturated carbocycles. The van der Waals surface area contributed by atoms with Crippen LogP contribution in [0.5, 0.6) is 0 Å². The topological polar surface area (TPSA) is 54.9 Å². The number of rotatable bonds is 3. The molecule has 0 spiro atoms. The van der Waals surface area contributed by atoms with Gasteiger partial charge in [0.05, 0.1) is 5.69 Å². The molecule has 98 valence electrons. The highest BCUT2D eigenvalue weighted by atomic mass is 35.5. The third-order valence-electron chi connectivity index (χ3n) is 2.59. The Labute approximate surface area is 116 Å². The van der Waals surface area contributed by atoms with E-state index in [2.05, 4.69) is 15.5 Å². The van der Waals surface area contributed by atoms with Crippen LogP contribution in [0, 0.1) is 0 Å². The number of hydrogen-bond acceptors (Lipinski definition) is 3. The van der Waals surface area contributed by atoms with E-state index in [1.807, 2.05) is 19.9 Å². The van der Waals surface area contributed by atoms with Gasteiger partial charge in [-0.15, -0.1) is 5.10 Å². The van der Waals surface area contributed by atoms with Gasteiger partial charge in [0.25, 0.3) is 5.91 Å². The summed E-state index contributed by atoms with van der Waals surface area (Å²) in [7, 11) is 0. The number of halogens is 1. The van der Waals surface area contributed by atoms with Gasteiger partial charge in [0, 0.05) is 10.7 Å². The molecule has 0 aliphatic carbocycles. The van der Waals surface area contributed by atoms with E-state index < -0.39 is 0 Å². The van der Waals surface area contributed by atoms with Gasteiger partial charge in [-0.2, -0.15) is 5.10 Å². The largest absolute Gasteiger partial charge is 0.321 e. The van der Waals surface area contributed by atoms with E-state index in [0.717, 1.165) is 5.69 Å². The number of hydrogen-bond donors (Lipinski definition) is 1. The maximum Gasteiger partial charge on any atom is 0.276 e. The number of benzene rings is 1. The Morgan fingerprint density at radius 2 is 2.00 bits per heavy atom. The van der Waals surface area contributed by atoms with Crippen LogP contribution in [0.2, 0.25) is 5.02 Å². The summed E-state index contributed by atoms with van der Waals surface area (Å²) in [6, 6.07) is 10.4. The first-order chi connectivity index (χ1) is 9.06. The highest BCUT2D eigenvalue weighted by Gasteiger charge is 2.09. The van der Waals surface area contributed by atoms with Gasteiger partial charge in [0.15, 0.2) is 5.69 Å². The van der Waals surface area contributed by atoms with E-state index in [1.165, 1.54) is 0 Å². The summed E-state index contributed by atoms with van der Waals surface area (Å²) in [6.07, 6.45) is 0. The van der Waals surface area contributed by atoms with E-state index in [1.54, 1.807) is 30.3 Å². The Bertz CT molecular complexity index is 581. The van der Waals surface area contributed by atoms with Crippen molar-refractivity contribution in [3.05, 3.63) is 52.8 Å². The maximum absolute atomic E-state index is 11.9. The minimum Gasteiger partial charge on any atom is -0.321 e. The molecule has 2 aromatic rings. The Hall–Kier alpha value is -1.94. The second kappa shape index (κ2) is 5.80. The first-order valence-corrected chi connectivity index (χ1v) is 6.34. The molecule has 0 fully saturated rings. The summed E-state index contributed by atoms with van der Waals surface area (Å²) in [5, 5.41) is 11.2. The first kappa shape index (κ1) is 13.5. The van der Waals surface area contributed by atoms with Crippen molar-refractivity contribution in [1.29, 1.82) is 0 Å². The molecule has 1 aromatic heterocycles. The molecule has 0 atom stereocenters. The molecule has 19 heavy (non-hydrogen) atoms. The number of anilines is 1. The Morgan fingerprint density at radius 1 is 1.21 bits per heavy atom. The number of nitrogens with one attached hydrogen (secondary N) is 1. The first-order valence-electron chi connectivity index (χ1n) is 5.97. The summed E-state index contributed by atoms with van der Waals surface area (Å²) in [5.41, 5.74) is 1.77. The zero-order chi connectivity index (χ0) is 13.8. The van der Waals surface area contributed by atoms with Crippen LogP contribution in [0.25, 0.3) is 0 Å². The van der Waals surface area contributed by atoms with E-state index in [-0.39, 0.29) is 17.5 Å². The fraction of sp³-hybridized carbons (Fsp3) is 0.214. The molecule has 0 aliphatic rings. The van der Waals surface area contributed by atoms with Crippen LogP contribution >= 0.6 is 11.6 Å². The van der Waals surface area contributed by atoms with Gasteiger partial charge in [0.1, 0.15) is 0 Å². The normalized spacial score (nSPS) is 10.5. The van der Waals surface area contributed by atoms with Gasteiger partial charge < -0.3 is 5.32 Å². The molecule has 1 N–H and O–H groups in total. The SMILES string of the molecule is CC(C)c1ccc(C(=O)Nc2cccc(Cl)c2)nn1. The molecule has 5 heteroatoms. The summed E-state index contributed by atoms with van der Waals surface area (Å²) < 4.78 is 0. The molecule has 1 aromatic carbocycles. The zero-order valence-corrected chi connectivity index (χ0v) is 11.5. The Balaban J connectivity index is 2.11. The summed E-state index contributed by atoms with van der Waals surface area (Å²) >= 11 is 5.85.